The number of rotatable bonds is 3. The van der Waals surface area contributed by atoms with E-state index in [1.165, 1.54) is 31.2 Å². The third-order valence-corrected chi connectivity index (χ3v) is 4.89. The second-order valence-electron chi connectivity index (χ2n) is 5.72. The fraction of sp³-hybridized carbons (Fsp3) is 0.667. The van der Waals surface area contributed by atoms with E-state index in [1.807, 2.05) is 12.4 Å². The van der Waals surface area contributed by atoms with Crippen LogP contribution in [0.2, 0.25) is 0 Å². The van der Waals surface area contributed by atoms with Crippen LogP contribution in [-0.4, -0.2) is 31.3 Å². The van der Waals surface area contributed by atoms with Crippen LogP contribution in [0, 0.1) is 5.92 Å². The summed E-state index contributed by atoms with van der Waals surface area (Å²) in [5.74, 6) is 0.776. The topological polar surface area (TPSA) is 34.2 Å². The Kier molecular flexibility index (Phi) is 3.35. The van der Waals surface area contributed by atoms with Gasteiger partial charge >= 0.3 is 0 Å². The number of nitrogens with one attached hydrogen (secondary N) is 1. The third kappa shape index (κ3) is 1.95. The van der Waals surface area contributed by atoms with Crippen LogP contribution in [0.5, 0.6) is 0 Å². The second kappa shape index (κ2) is 4.98. The van der Waals surface area contributed by atoms with Gasteiger partial charge in [-0.05, 0) is 56.3 Å². The van der Waals surface area contributed by atoms with Crippen LogP contribution < -0.4 is 5.32 Å². The predicted octanol–water partition coefficient (Wildman–Crippen LogP) is 2.13. The van der Waals surface area contributed by atoms with E-state index in [1.54, 1.807) is 0 Å². The number of ether oxygens (including phenoxy) is 1. The molecule has 3 heteroatoms. The summed E-state index contributed by atoms with van der Waals surface area (Å²) in [4.78, 5) is 4.14. The SMILES string of the molecule is CNC1CCC(C2(c3ccncc3)COC2)CC1. The Hall–Kier alpha value is -0.930. The first-order chi connectivity index (χ1) is 8.85. The Morgan fingerprint density at radius 3 is 2.33 bits per heavy atom. The fourth-order valence-corrected chi connectivity index (χ4v) is 3.58. The van der Waals surface area contributed by atoms with Crippen molar-refractivity contribution in [2.45, 2.75) is 37.1 Å². The van der Waals surface area contributed by atoms with E-state index in [0.717, 1.165) is 25.2 Å². The minimum atomic E-state index is 0.279. The summed E-state index contributed by atoms with van der Waals surface area (Å²) in [5.41, 5.74) is 1.71. The van der Waals surface area contributed by atoms with E-state index in [4.69, 9.17) is 4.74 Å². The first-order valence-corrected chi connectivity index (χ1v) is 7.01. The Morgan fingerprint density at radius 1 is 1.17 bits per heavy atom. The molecule has 0 atom stereocenters. The van der Waals surface area contributed by atoms with E-state index in [2.05, 4.69) is 29.5 Å². The lowest BCUT2D eigenvalue weighted by Gasteiger charge is -2.50. The maximum absolute atomic E-state index is 5.56. The highest BCUT2D eigenvalue weighted by Crippen LogP contribution is 2.45. The molecular formula is C15H22N2O. The van der Waals surface area contributed by atoms with Crippen molar-refractivity contribution < 1.29 is 4.74 Å². The molecule has 1 aromatic heterocycles. The van der Waals surface area contributed by atoms with E-state index in [9.17, 15) is 0 Å². The van der Waals surface area contributed by atoms with Crippen molar-refractivity contribution in [3.05, 3.63) is 30.1 Å². The van der Waals surface area contributed by atoms with Crippen molar-refractivity contribution >= 4 is 0 Å². The molecule has 0 radical (unpaired) electrons. The molecule has 18 heavy (non-hydrogen) atoms. The molecule has 1 saturated heterocycles. The van der Waals surface area contributed by atoms with E-state index >= 15 is 0 Å². The van der Waals surface area contributed by atoms with Crippen molar-refractivity contribution in [3.8, 4) is 0 Å². The molecule has 2 aliphatic rings. The quantitative estimate of drug-likeness (QED) is 0.887. The van der Waals surface area contributed by atoms with Crippen LogP contribution in [0.15, 0.2) is 24.5 Å². The summed E-state index contributed by atoms with van der Waals surface area (Å²) in [5, 5.41) is 3.41. The molecule has 3 nitrogen and oxygen atoms in total. The molecule has 0 aromatic carbocycles. The van der Waals surface area contributed by atoms with Gasteiger partial charge in [-0.3, -0.25) is 4.98 Å². The molecule has 1 aliphatic heterocycles. The number of pyridine rings is 1. The minimum absolute atomic E-state index is 0.279. The van der Waals surface area contributed by atoms with Crippen LogP contribution in [0.4, 0.5) is 0 Å². The van der Waals surface area contributed by atoms with E-state index in [0.29, 0.717) is 0 Å². The summed E-state index contributed by atoms with van der Waals surface area (Å²) in [6, 6.07) is 5.07. The first kappa shape index (κ1) is 12.1. The molecule has 98 valence electrons. The van der Waals surface area contributed by atoms with Gasteiger partial charge in [-0.2, -0.15) is 0 Å². The molecule has 0 spiro atoms. The average Bonchev–Trinajstić information content (AvgIpc) is 2.40. The summed E-state index contributed by atoms with van der Waals surface area (Å²) in [6.45, 7) is 1.79. The zero-order chi connectivity index (χ0) is 12.4. The number of aromatic nitrogens is 1. The monoisotopic (exact) mass is 246 g/mol. The van der Waals surface area contributed by atoms with Gasteiger partial charge in [0.2, 0.25) is 0 Å². The summed E-state index contributed by atoms with van der Waals surface area (Å²) >= 11 is 0. The lowest BCUT2D eigenvalue weighted by atomic mass is 9.63. The Balaban J connectivity index is 1.77. The average molecular weight is 246 g/mol. The summed E-state index contributed by atoms with van der Waals surface area (Å²) < 4.78 is 5.56. The molecule has 1 saturated carbocycles. The molecule has 3 rings (SSSR count). The molecule has 0 unspecified atom stereocenters. The molecular weight excluding hydrogens is 224 g/mol. The van der Waals surface area contributed by atoms with Crippen molar-refractivity contribution in [2.75, 3.05) is 20.3 Å². The van der Waals surface area contributed by atoms with Gasteiger partial charge in [-0.25, -0.2) is 0 Å². The highest BCUT2D eigenvalue weighted by Gasteiger charge is 2.47. The highest BCUT2D eigenvalue weighted by atomic mass is 16.5. The van der Waals surface area contributed by atoms with Crippen molar-refractivity contribution in [1.82, 2.24) is 10.3 Å². The molecule has 1 N–H and O–H groups in total. The molecule has 2 heterocycles. The van der Waals surface area contributed by atoms with Crippen molar-refractivity contribution in [2.24, 2.45) is 5.92 Å². The number of hydrogen-bond donors (Lipinski definition) is 1. The molecule has 0 bridgehead atoms. The van der Waals surface area contributed by atoms with Crippen LogP contribution in [-0.2, 0) is 10.2 Å². The van der Waals surface area contributed by atoms with Crippen LogP contribution in [0.25, 0.3) is 0 Å². The normalized spacial score (nSPS) is 30.7. The van der Waals surface area contributed by atoms with Gasteiger partial charge in [0, 0.05) is 23.9 Å². The largest absolute Gasteiger partial charge is 0.379 e. The minimum Gasteiger partial charge on any atom is -0.379 e. The lowest BCUT2D eigenvalue weighted by molar-refractivity contribution is -0.0988. The van der Waals surface area contributed by atoms with E-state index in [-0.39, 0.29) is 5.41 Å². The van der Waals surface area contributed by atoms with Gasteiger partial charge in [0.15, 0.2) is 0 Å². The third-order valence-electron chi connectivity index (χ3n) is 4.89. The lowest BCUT2D eigenvalue weighted by Crippen LogP contribution is -2.54. The van der Waals surface area contributed by atoms with Gasteiger partial charge in [-0.1, -0.05) is 0 Å². The summed E-state index contributed by atoms with van der Waals surface area (Å²) in [7, 11) is 2.08. The van der Waals surface area contributed by atoms with Crippen molar-refractivity contribution in [1.29, 1.82) is 0 Å². The van der Waals surface area contributed by atoms with Crippen LogP contribution in [0.1, 0.15) is 31.2 Å². The maximum Gasteiger partial charge on any atom is 0.0588 e. The van der Waals surface area contributed by atoms with Gasteiger partial charge < -0.3 is 10.1 Å². The smallest absolute Gasteiger partial charge is 0.0588 e. The van der Waals surface area contributed by atoms with Gasteiger partial charge in [0.1, 0.15) is 0 Å². The molecule has 0 amide bonds. The number of hydrogen-bond acceptors (Lipinski definition) is 3. The zero-order valence-corrected chi connectivity index (χ0v) is 11.1. The van der Waals surface area contributed by atoms with E-state index < -0.39 is 0 Å². The molecule has 1 aromatic rings. The second-order valence-corrected chi connectivity index (χ2v) is 5.72. The first-order valence-electron chi connectivity index (χ1n) is 7.01. The standard InChI is InChI=1S/C15H22N2O/c1-16-14-4-2-12(3-5-14)15(10-18-11-15)13-6-8-17-9-7-13/h6-9,12,14,16H,2-5,10-11H2,1H3. The molecule has 2 fully saturated rings. The fourth-order valence-electron chi connectivity index (χ4n) is 3.58. The Labute approximate surface area is 109 Å². The maximum atomic E-state index is 5.56. The molecule has 1 aliphatic carbocycles. The van der Waals surface area contributed by atoms with Crippen molar-refractivity contribution in [3.63, 3.8) is 0 Å². The van der Waals surface area contributed by atoms with Gasteiger partial charge in [0.05, 0.1) is 13.2 Å². The zero-order valence-electron chi connectivity index (χ0n) is 11.1. The van der Waals surface area contributed by atoms with Gasteiger partial charge in [-0.15, -0.1) is 0 Å². The van der Waals surface area contributed by atoms with Crippen LogP contribution >= 0.6 is 0 Å². The Morgan fingerprint density at radius 2 is 1.83 bits per heavy atom. The highest BCUT2D eigenvalue weighted by molar-refractivity contribution is 5.27. The van der Waals surface area contributed by atoms with Crippen LogP contribution in [0.3, 0.4) is 0 Å². The van der Waals surface area contributed by atoms with Gasteiger partial charge in [0.25, 0.3) is 0 Å². The Bertz CT molecular complexity index is 381. The predicted molar refractivity (Wildman–Crippen MR) is 71.5 cm³/mol. The number of nitrogens with zero attached hydrogens (tertiary/aromatic N) is 1. The summed E-state index contributed by atoms with van der Waals surface area (Å²) in [6.07, 6.45) is 9.06.